The van der Waals surface area contributed by atoms with E-state index in [9.17, 15) is 0 Å². The highest BCUT2D eigenvalue weighted by Gasteiger charge is 2.27. The van der Waals surface area contributed by atoms with E-state index in [0.29, 0.717) is 0 Å². The van der Waals surface area contributed by atoms with Crippen LogP contribution >= 0.6 is 0 Å². The monoisotopic (exact) mass is 230 g/mol. The first-order chi connectivity index (χ1) is 8.16. The minimum Gasteiger partial charge on any atom is -0.314 e. The van der Waals surface area contributed by atoms with Gasteiger partial charge in [-0.1, -0.05) is 43.7 Å². The van der Waals surface area contributed by atoms with Crippen molar-refractivity contribution in [3.63, 3.8) is 0 Å². The summed E-state index contributed by atoms with van der Waals surface area (Å²) in [6.07, 6.45) is 3.74. The molecule has 0 spiro atoms. The van der Waals surface area contributed by atoms with E-state index >= 15 is 0 Å². The van der Waals surface area contributed by atoms with Crippen molar-refractivity contribution in [1.82, 2.24) is 0 Å². The van der Waals surface area contributed by atoms with Crippen LogP contribution < -0.4 is 5.32 Å². The lowest BCUT2D eigenvalue weighted by Crippen LogP contribution is -2.80. The third-order valence-electron chi connectivity index (χ3n) is 4.02. The van der Waals surface area contributed by atoms with Crippen LogP contribution in [0.15, 0.2) is 42.0 Å². The fourth-order valence-corrected chi connectivity index (χ4v) is 3.13. The summed E-state index contributed by atoms with van der Waals surface area (Å²) in [6.45, 7) is 8.24. The Morgan fingerprint density at radius 2 is 1.88 bits per heavy atom. The largest absolute Gasteiger partial charge is 0.314 e. The van der Waals surface area contributed by atoms with Crippen molar-refractivity contribution in [3.05, 3.63) is 42.0 Å². The summed E-state index contributed by atoms with van der Waals surface area (Å²) >= 11 is 0. The van der Waals surface area contributed by atoms with Gasteiger partial charge in [0.1, 0.15) is 5.69 Å². The van der Waals surface area contributed by atoms with Gasteiger partial charge in [0.05, 0.1) is 6.54 Å². The summed E-state index contributed by atoms with van der Waals surface area (Å²) in [7, 11) is 0. The molecule has 0 amide bonds. The van der Waals surface area contributed by atoms with Crippen molar-refractivity contribution in [3.8, 4) is 0 Å². The van der Waals surface area contributed by atoms with E-state index in [1.54, 1.807) is 5.57 Å². The molecule has 3 atom stereocenters. The van der Waals surface area contributed by atoms with Crippen LogP contribution in [0, 0.1) is 17.8 Å². The zero-order chi connectivity index (χ0) is 12.3. The van der Waals surface area contributed by atoms with Crippen LogP contribution in [0.1, 0.15) is 27.2 Å². The first-order valence-electron chi connectivity index (χ1n) is 6.72. The molecule has 1 aliphatic carbocycles. The minimum absolute atomic E-state index is 0.721. The maximum atomic E-state index is 2.46. The van der Waals surface area contributed by atoms with Crippen LogP contribution in [0.3, 0.4) is 0 Å². The van der Waals surface area contributed by atoms with E-state index in [0.717, 1.165) is 17.8 Å². The standard InChI is InChI=1S/C16H23N/c1-12-9-13(2)16(14(3)10-12)11-17-15-7-5-4-6-8-15/h4-9,13-14,16-17H,10-11H2,1-3H3/p+1/t13-,14+,16-/m0/s1. The Bertz CT molecular complexity index is 380. The second kappa shape index (κ2) is 5.50. The molecule has 92 valence electrons. The summed E-state index contributed by atoms with van der Waals surface area (Å²) in [5, 5.41) is 2.40. The number of hydrogen-bond donors (Lipinski definition) is 1. The van der Waals surface area contributed by atoms with Gasteiger partial charge in [0.15, 0.2) is 0 Å². The molecule has 0 aromatic heterocycles. The molecule has 1 heteroatoms. The highest BCUT2D eigenvalue weighted by molar-refractivity contribution is 5.26. The van der Waals surface area contributed by atoms with Crippen molar-refractivity contribution in [2.24, 2.45) is 17.8 Å². The molecular formula is C16H24N+. The predicted molar refractivity (Wildman–Crippen MR) is 73.1 cm³/mol. The average Bonchev–Trinajstić information content (AvgIpc) is 2.29. The lowest BCUT2D eigenvalue weighted by molar-refractivity contribution is -0.581. The minimum atomic E-state index is 0.721. The molecule has 0 radical (unpaired) electrons. The number of hydrogen-bond acceptors (Lipinski definition) is 0. The Kier molecular flexibility index (Phi) is 4.01. The van der Waals surface area contributed by atoms with E-state index < -0.39 is 0 Å². The second-order valence-corrected chi connectivity index (χ2v) is 5.57. The Morgan fingerprint density at radius 1 is 1.18 bits per heavy atom. The van der Waals surface area contributed by atoms with Crippen molar-refractivity contribution in [1.29, 1.82) is 0 Å². The lowest BCUT2D eigenvalue weighted by Gasteiger charge is -2.31. The van der Waals surface area contributed by atoms with Gasteiger partial charge in [-0.15, -0.1) is 0 Å². The van der Waals surface area contributed by atoms with E-state index in [1.165, 1.54) is 18.7 Å². The number of benzene rings is 1. The number of para-hydroxylation sites is 1. The zero-order valence-electron chi connectivity index (χ0n) is 11.2. The number of quaternary nitrogens is 1. The molecule has 1 aromatic carbocycles. The van der Waals surface area contributed by atoms with Gasteiger partial charge in [-0.3, -0.25) is 0 Å². The molecule has 1 aliphatic rings. The van der Waals surface area contributed by atoms with Gasteiger partial charge in [-0.25, -0.2) is 0 Å². The van der Waals surface area contributed by atoms with Crippen LogP contribution in [0.2, 0.25) is 0 Å². The van der Waals surface area contributed by atoms with E-state index in [2.05, 4.69) is 62.5 Å². The summed E-state index contributed by atoms with van der Waals surface area (Å²) < 4.78 is 0. The van der Waals surface area contributed by atoms with Crippen molar-refractivity contribution >= 4 is 5.69 Å². The number of nitrogens with two attached hydrogens (primary N) is 1. The van der Waals surface area contributed by atoms with E-state index in [4.69, 9.17) is 0 Å². The Morgan fingerprint density at radius 3 is 2.53 bits per heavy atom. The van der Waals surface area contributed by atoms with E-state index in [1.807, 2.05) is 0 Å². The number of rotatable bonds is 3. The molecule has 0 fully saturated rings. The van der Waals surface area contributed by atoms with Crippen LogP contribution in [0.4, 0.5) is 5.69 Å². The normalized spacial score (nSPS) is 28.9. The summed E-state index contributed by atoms with van der Waals surface area (Å²) in [4.78, 5) is 0. The van der Waals surface area contributed by atoms with Crippen molar-refractivity contribution in [2.45, 2.75) is 27.2 Å². The molecule has 1 aromatic rings. The predicted octanol–water partition coefficient (Wildman–Crippen LogP) is 3.12. The molecule has 0 saturated heterocycles. The second-order valence-electron chi connectivity index (χ2n) is 5.57. The van der Waals surface area contributed by atoms with Gasteiger partial charge < -0.3 is 5.32 Å². The zero-order valence-corrected chi connectivity index (χ0v) is 11.2. The number of allylic oxidation sites excluding steroid dienone is 2. The summed E-state index contributed by atoms with van der Waals surface area (Å²) in [5.41, 5.74) is 2.93. The molecule has 2 N–H and O–H groups in total. The molecule has 0 aliphatic heterocycles. The molecular weight excluding hydrogens is 206 g/mol. The van der Waals surface area contributed by atoms with Gasteiger partial charge >= 0.3 is 0 Å². The van der Waals surface area contributed by atoms with Gasteiger partial charge in [-0.05, 0) is 37.3 Å². The smallest absolute Gasteiger partial charge is 0.129 e. The highest BCUT2D eigenvalue weighted by Crippen LogP contribution is 2.32. The van der Waals surface area contributed by atoms with Gasteiger partial charge in [0.25, 0.3) is 0 Å². The molecule has 0 heterocycles. The van der Waals surface area contributed by atoms with Crippen LogP contribution in [-0.2, 0) is 0 Å². The van der Waals surface area contributed by atoms with Gasteiger partial charge in [0, 0.05) is 5.92 Å². The van der Waals surface area contributed by atoms with Gasteiger partial charge in [0.2, 0.25) is 0 Å². The fourth-order valence-electron chi connectivity index (χ4n) is 3.13. The Labute approximate surface area is 105 Å². The average molecular weight is 230 g/mol. The topological polar surface area (TPSA) is 16.6 Å². The quantitative estimate of drug-likeness (QED) is 0.607. The molecule has 2 rings (SSSR count). The van der Waals surface area contributed by atoms with Crippen molar-refractivity contribution < 1.29 is 5.32 Å². The molecule has 0 bridgehead atoms. The van der Waals surface area contributed by atoms with Crippen LogP contribution in [0.25, 0.3) is 0 Å². The third kappa shape index (κ3) is 3.19. The maximum absolute atomic E-state index is 2.46. The molecule has 0 saturated carbocycles. The molecule has 17 heavy (non-hydrogen) atoms. The SMILES string of the molecule is CC1=C[C@H](C)[C@H](C[NH2+]c2ccccc2)[C@H](C)C1. The van der Waals surface area contributed by atoms with Crippen molar-refractivity contribution in [2.75, 3.05) is 6.54 Å². The maximum Gasteiger partial charge on any atom is 0.129 e. The van der Waals surface area contributed by atoms with Gasteiger partial charge in [-0.2, -0.15) is 0 Å². The lowest BCUT2D eigenvalue weighted by atomic mass is 9.75. The molecule has 1 nitrogen and oxygen atoms in total. The first kappa shape index (κ1) is 12.4. The Balaban J connectivity index is 1.95. The third-order valence-corrected chi connectivity index (χ3v) is 4.02. The van der Waals surface area contributed by atoms with Crippen LogP contribution in [0.5, 0.6) is 0 Å². The highest BCUT2D eigenvalue weighted by atomic mass is 14.9. The first-order valence-corrected chi connectivity index (χ1v) is 6.72. The molecule has 0 unspecified atom stereocenters. The summed E-state index contributed by atoms with van der Waals surface area (Å²) in [5.74, 6) is 2.34. The van der Waals surface area contributed by atoms with Crippen LogP contribution in [-0.4, -0.2) is 6.54 Å². The van der Waals surface area contributed by atoms with E-state index in [-0.39, 0.29) is 0 Å². The Hall–Kier alpha value is -1.08. The summed E-state index contributed by atoms with van der Waals surface area (Å²) in [6, 6.07) is 10.7. The fraction of sp³-hybridized carbons (Fsp3) is 0.500.